The molecule has 4 nitrogen and oxygen atoms in total. The van der Waals surface area contributed by atoms with E-state index in [0.717, 1.165) is 11.1 Å². The molecule has 0 saturated heterocycles. The average Bonchev–Trinajstić information content (AvgIpc) is 2.56. The smallest absolute Gasteiger partial charge is 0.260 e. The molecule has 0 fully saturated rings. The molecule has 0 radical (unpaired) electrons. The fourth-order valence-corrected chi connectivity index (χ4v) is 2.10. The van der Waals surface area contributed by atoms with E-state index < -0.39 is 6.10 Å². The lowest BCUT2D eigenvalue weighted by Crippen LogP contribution is -2.38. The lowest BCUT2D eigenvalue weighted by molar-refractivity contribution is -0.127. The Hall–Kier alpha value is -2.56. The van der Waals surface area contributed by atoms with Crippen molar-refractivity contribution in [2.75, 3.05) is 13.2 Å². The van der Waals surface area contributed by atoms with Crippen LogP contribution in [0.5, 0.6) is 11.5 Å². The number of aryl methyl sites for hydroxylation is 2. The Balaban J connectivity index is 1.75. The molecule has 0 aromatic heterocycles. The highest BCUT2D eigenvalue weighted by atomic mass is 19.1. The monoisotopic (exact) mass is 331 g/mol. The van der Waals surface area contributed by atoms with Gasteiger partial charge in [-0.15, -0.1) is 0 Å². The first-order valence-electron chi connectivity index (χ1n) is 7.85. The van der Waals surface area contributed by atoms with E-state index in [1.807, 2.05) is 32.0 Å². The average molecular weight is 331 g/mol. The Kier molecular flexibility index (Phi) is 6.18. The quantitative estimate of drug-likeness (QED) is 0.791. The van der Waals surface area contributed by atoms with Crippen LogP contribution in [0, 0.1) is 19.7 Å². The number of hydrogen-bond acceptors (Lipinski definition) is 3. The normalized spacial score (nSPS) is 11.7. The third-order valence-electron chi connectivity index (χ3n) is 3.50. The molecule has 0 aliphatic rings. The van der Waals surface area contributed by atoms with Gasteiger partial charge in [0.2, 0.25) is 0 Å². The summed E-state index contributed by atoms with van der Waals surface area (Å²) in [6.07, 6.45) is -0.601. The van der Waals surface area contributed by atoms with Crippen LogP contribution in [-0.2, 0) is 4.79 Å². The maximum absolute atomic E-state index is 12.8. The van der Waals surface area contributed by atoms with E-state index in [0.29, 0.717) is 24.7 Å². The lowest BCUT2D eigenvalue weighted by atomic mass is 10.1. The summed E-state index contributed by atoms with van der Waals surface area (Å²) in [5.41, 5.74) is 2.07. The third kappa shape index (κ3) is 5.26. The summed E-state index contributed by atoms with van der Waals surface area (Å²) in [6, 6.07) is 11.6. The van der Waals surface area contributed by atoms with Crippen LogP contribution in [-0.4, -0.2) is 25.2 Å². The molecule has 1 N–H and O–H groups in total. The van der Waals surface area contributed by atoms with Crippen molar-refractivity contribution >= 4 is 5.91 Å². The highest BCUT2D eigenvalue weighted by molar-refractivity contribution is 5.80. The van der Waals surface area contributed by atoms with Crippen LogP contribution in [0.2, 0.25) is 0 Å². The zero-order valence-corrected chi connectivity index (χ0v) is 14.1. The molecule has 0 aliphatic carbocycles. The standard InChI is InChI=1S/C19H22FNO3/c1-13-4-5-14(2)18(12-13)24-15(3)19(22)21-10-11-23-17-8-6-16(20)7-9-17/h4-9,12,15H,10-11H2,1-3H3,(H,21,22)/t15-/m0/s1. The van der Waals surface area contributed by atoms with E-state index >= 15 is 0 Å². The number of halogens is 1. The second-order valence-electron chi connectivity index (χ2n) is 5.62. The summed E-state index contributed by atoms with van der Waals surface area (Å²) >= 11 is 0. The molecule has 2 rings (SSSR count). The molecule has 0 unspecified atom stereocenters. The number of rotatable bonds is 7. The van der Waals surface area contributed by atoms with Gasteiger partial charge in [-0.25, -0.2) is 4.39 Å². The Morgan fingerprint density at radius 2 is 1.88 bits per heavy atom. The van der Waals surface area contributed by atoms with Crippen molar-refractivity contribution in [3.63, 3.8) is 0 Å². The number of benzene rings is 2. The van der Waals surface area contributed by atoms with Gasteiger partial charge in [-0.1, -0.05) is 12.1 Å². The number of hydrogen-bond donors (Lipinski definition) is 1. The van der Waals surface area contributed by atoms with Crippen LogP contribution in [0.1, 0.15) is 18.1 Å². The van der Waals surface area contributed by atoms with Crippen molar-refractivity contribution in [3.8, 4) is 11.5 Å². The minimum absolute atomic E-state index is 0.210. The highest BCUT2D eigenvalue weighted by Gasteiger charge is 2.15. The van der Waals surface area contributed by atoms with Gasteiger partial charge in [-0.05, 0) is 62.2 Å². The van der Waals surface area contributed by atoms with Crippen molar-refractivity contribution in [2.24, 2.45) is 0 Å². The van der Waals surface area contributed by atoms with Crippen LogP contribution >= 0.6 is 0 Å². The van der Waals surface area contributed by atoms with E-state index in [1.165, 1.54) is 12.1 Å². The number of ether oxygens (including phenoxy) is 2. The van der Waals surface area contributed by atoms with Gasteiger partial charge in [0.1, 0.15) is 23.9 Å². The summed E-state index contributed by atoms with van der Waals surface area (Å²) < 4.78 is 23.9. The minimum atomic E-state index is -0.601. The van der Waals surface area contributed by atoms with Crippen molar-refractivity contribution in [1.82, 2.24) is 5.32 Å². The molecule has 0 spiro atoms. The van der Waals surface area contributed by atoms with Crippen LogP contribution in [0.4, 0.5) is 4.39 Å². The van der Waals surface area contributed by atoms with Crippen molar-refractivity contribution in [3.05, 3.63) is 59.4 Å². The fourth-order valence-electron chi connectivity index (χ4n) is 2.10. The molecule has 24 heavy (non-hydrogen) atoms. The Labute approximate surface area is 141 Å². The first kappa shape index (κ1) is 17.8. The van der Waals surface area contributed by atoms with E-state index in [4.69, 9.17) is 9.47 Å². The topological polar surface area (TPSA) is 47.6 Å². The molecule has 0 heterocycles. The Bertz CT molecular complexity index is 686. The second-order valence-corrected chi connectivity index (χ2v) is 5.62. The largest absolute Gasteiger partial charge is 0.492 e. The van der Waals surface area contributed by atoms with Gasteiger partial charge < -0.3 is 14.8 Å². The summed E-state index contributed by atoms with van der Waals surface area (Å²) in [4.78, 5) is 12.1. The van der Waals surface area contributed by atoms with Crippen LogP contribution < -0.4 is 14.8 Å². The molecule has 2 aromatic carbocycles. The first-order chi connectivity index (χ1) is 11.5. The van der Waals surface area contributed by atoms with Gasteiger partial charge >= 0.3 is 0 Å². The van der Waals surface area contributed by atoms with Gasteiger partial charge in [-0.2, -0.15) is 0 Å². The molecular weight excluding hydrogens is 309 g/mol. The molecule has 0 bridgehead atoms. The lowest BCUT2D eigenvalue weighted by Gasteiger charge is -2.17. The van der Waals surface area contributed by atoms with Crippen molar-refractivity contribution < 1.29 is 18.7 Å². The van der Waals surface area contributed by atoms with E-state index in [-0.39, 0.29) is 11.7 Å². The number of nitrogens with one attached hydrogen (secondary N) is 1. The zero-order chi connectivity index (χ0) is 17.5. The van der Waals surface area contributed by atoms with Gasteiger partial charge in [0.25, 0.3) is 5.91 Å². The van der Waals surface area contributed by atoms with Gasteiger partial charge in [-0.3, -0.25) is 4.79 Å². The SMILES string of the molecule is Cc1ccc(C)c(O[C@@H](C)C(=O)NCCOc2ccc(F)cc2)c1. The van der Waals surface area contributed by atoms with Gasteiger partial charge in [0, 0.05) is 0 Å². The maximum Gasteiger partial charge on any atom is 0.260 e. The maximum atomic E-state index is 12.8. The summed E-state index contributed by atoms with van der Waals surface area (Å²) in [7, 11) is 0. The minimum Gasteiger partial charge on any atom is -0.492 e. The van der Waals surface area contributed by atoms with E-state index in [9.17, 15) is 9.18 Å². The third-order valence-corrected chi connectivity index (χ3v) is 3.50. The van der Waals surface area contributed by atoms with Crippen LogP contribution in [0.25, 0.3) is 0 Å². The summed E-state index contributed by atoms with van der Waals surface area (Å²) in [6.45, 7) is 6.27. The molecule has 5 heteroatoms. The Morgan fingerprint density at radius 1 is 1.17 bits per heavy atom. The number of carbonyl (C=O) groups is 1. The van der Waals surface area contributed by atoms with Crippen molar-refractivity contribution in [1.29, 1.82) is 0 Å². The fraction of sp³-hybridized carbons (Fsp3) is 0.316. The number of amides is 1. The van der Waals surface area contributed by atoms with Crippen LogP contribution in [0.15, 0.2) is 42.5 Å². The second kappa shape index (κ2) is 8.34. The molecule has 128 valence electrons. The number of carbonyl (C=O) groups excluding carboxylic acids is 1. The predicted octanol–water partition coefficient (Wildman–Crippen LogP) is 3.41. The molecule has 0 saturated carbocycles. The molecule has 1 atom stereocenters. The Morgan fingerprint density at radius 3 is 2.58 bits per heavy atom. The zero-order valence-electron chi connectivity index (χ0n) is 14.1. The molecule has 0 aliphatic heterocycles. The molecule has 2 aromatic rings. The molecule has 1 amide bonds. The predicted molar refractivity (Wildman–Crippen MR) is 90.9 cm³/mol. The van der Waals surface area contributed by atoms with E-state index in [2.05, 4.69) is 5.32 Å². The summed E-state index contributed by atoms with van der Waals surface area (Å²) in [5.74, 6) is 0.747. The van der Waals surface area contributed by atoms with Crippen LogP contribution in [0.3, 0.4) is 0 Å². The molecular formula is C19H22FNO3. The summed E-state index contributed by atoms with van der Waals surface area (Å²) in [5, 5.41) is 2.76. The first-order valence-corrected chi connectivity index (χ1v) is 7.85. The van der Waals surface area contributed by atoms with Gasteiger partial charge in [0.05, 0.1) is 6.54 Å². The highest BCUT2D eigenvalue weighted by Crippen LogP contribution is 2.20. The van der Waals surface area contributed by atoms with Crippen molar-refractivity contribution in [2.45, 2.75) is 26.9 Å². The van der Waals surface area contributed by atoms with Gasteiger partial charge in [0.15, 0.2) is 6.10 Å². The van der Waals surface area contributed by atoms with E-state index in [1.54, 1.807) is 19.1 Å².